The van der Waals surface area contributed by atoms with Crippen molar-refractivity contribution in [2.45, 2.75) is 13.0 Å². The average molecular weight is 279 g/mol. The summed E-state index contributed by atoms with van der Waals surface area (Å²) >= 11 is 0. The van der Waals surface area contributed by atoms with Gasteiger partial charge in [0.25, 0.3) is 0 Å². The van der Waals surface area contributed by atoms with Crippen molar-refractivity contribution < 1.29 is 9.32 Å². The van der Waals surface area contributed by atoms with E-state index >= 15 is 0 Å². The second kappa shape index (κ2) is 5.90. The SMILES string of the molecule is Cc1cc(NC(=O)CN2CC(N3CCNCC3)C2)no1. The highest BCUT2D eigenvalue weighted by Crippen LogP contribution is 2.15. The van der Waals surface area contributed by atoms with Gasteiger partial charge in [0, 0.05) is 51.4 Å². The van der Waals surface area contributed by atoms with E-state index in [1.165, 1.54) is 0 Å². The third kappa shape index (κ3) is 3.17. The van der Waals surface area contributed by atoms with E-state index in [9.17, 15) is 4.79 Å². The van der Waals surface area contributed by atoms with Crippen LogP contribution in [0.3, 0.4) is 0 Å². The number of hydrogen-bond donors (Lipinski definition) is 2. The van der Waals surface area contributed by atoms with Crippen molar-refractivity contribution in [3.8, 4) is 0 Å². The molecule has 3 heterocycles. The number of piperazine rings is 1. The number of anilines is 1. The predicted molar refractivity (Wildman–Crippen MR) is 74.5 cm³/mol. The minimum absolute atomic E-state index is 0.0305. The molecule has 2 aliphatic heterocycles. The van der Waals surface area contributed by atoms with Gasteiger partial charge in [-0.2, -0.15) is 0 Å². The van der Waals surface area contributed by atoms with Crippen molar-refractivity contribution in [2.24, 2.45) is 0 Å². The van der Waals surface area contributed by atoms with Gasteiger partial charge >= 0.3 is 0 Å². The van der Waals surface area contributed by atoms with Crippen molar-refractivity contribution >= 4 is 11.7 Å². The molecule has 2 N–H and O–H groups in total. The molecule has 0 unspecified atom stereocenters. The van der Waals surface area contributed by atoms with E-state index in [1.807, 2.05) is 0 Å². The Labute approximate surface area is 118 Å². The van der Waals surface area contributed by atoms with Crippen LogP contribution < -0.4 is 10.6 Å². The van der Waals surface area contributed by atoms with E-state index in [2.05, 4.69) is 25.6 Å². The highest BCUT2D eigenvalue weighted by Gasteiger charge is 2.33. The summed E-state index contributed by atoms with van der Waals surface area (Å²) in [6.07, 6.45) is 0. The number of aromatic nitrogens is 1. The number of rotatable bonds is 4. The Balaban J connectivity index is 1.38. The molecule has 20 heavy (non-hydrogen) atoms. The number of carbonyl (C=O) groups excluding carboxylic acids is 1. The maximum atomic E-state index is 11.8. The first kappa shape index (κ1) is 13.5. The summed E-state index contributed by atoms with van der Waals surface area (Å²) in [6, 6.07) is 2.33. The van der Waals surface area contributed by atoms with E-state index < -0.39 is 0 Å². The lowest BCUT2D eigenvalue weighted by Crippen LogP contribution is -2.63. The fraction of sp³-hybridized carbons (Fsp3) is 0.692. The van der Waals surface area contributed by atoms with Crippen molar-refractivity contribution in [3.05, 3.63) is 11.8 Å². The minimum Gasteiger partial charge on any atom is -0.360 e. The van der Waals surface area contributed by atoms with Crippen LogP contribution in [-0.2, 0) is 4.79 Å². The minimum atomic E-state index is -0.0305. The molecule has 7 nitrogen and oxygen atoms in total. The lowest BCUT2D eigenvalue weighted by atomic mass is 10.1. The molecule has 2 saturated heterocycles. The van der Waals surface area contributed by atoms with Gasteiger partial charge in [0.1, 0.15) is 5.76 Å². The summed E-state index contributed by atoms with van der Waals surface area (Å²) < 4.78 is 4.92. The summed E-state index contributed by atoms with van der Waals surface area (Å²) in [7, 11) is 0. The molecule has 0 spiro atoms. The zero-order valence-corrected chi connectivity index (χ0v) is 11.8. The highest BCUT2D eigenvalue weighted by molar-refractivity contribution is 5.91. The Morgan fingerprint density at radius 2 is 2.25 bits per heavy atom. The van der Waals surface area contributed by atoms with Gasteiger partial charge in [-0.05, 0) is 6.92 Å². The third-order valence-electron chi connectivity index (χ3n) is 3.87. The van der Waals surface area contributed by atoms with Crippen LogP contribution in [0.4, 0.5) is 5.82 Å². The Morgan fingerprint density at radius 3 is 2.90 bits per heavy atom. The molecule has 1 amide bonds. The average Bonchev–Trinajstić information content (AvgIpc) is 2.80. The number of carbonyl (C=O) groups is 1. The first-order valence-corrected chi connectivity index (χ1v) is 7.11. The van der Waals surface area contributed by atoms with Gasteiger partial charge in [-0.1, -0.05) is 5.16 Å². The van der Waals surface area contributed by atoms with Crippen LogP contribution in [-0.4, -0.2) is 72.7 Å². The van der Waals surface area contributed by atoms with Crippen LogP contribution in [0.25, 0.3) is 0 Å². The van der Waals surface area contributed by atoms with Crippen LogP contribution in [0.15, 0.2) is 10.6 Å². The first-order valence-electron chi connectivity index (χ1n) is 7.11. The number of nitrogens with one attached hydrogen (secondary N) is 2. The summed E-state index contributed by atoms with van der Waals surface area (Å²) in [5, 5.41) is 9.86. The molecule has 1 aromatic rings. The number of likely N-dealkylation sites (tertiary alicyclic amines) is 1. The zero-order valence-electron chi connectivity index (χ0n) is 11.8. The molecule has 0 atom stereocenters. The molecule has 3 rings (SSSR count). The molecule has 0 aliphatic carbocycles. The normalized spacial score (nSPS) is 21.6. The third-order valence-corrected chi connectivity index (χ3v) is 3.87. The molecular formula is C13H21N5O2. The summed E-state index contributed by atoms with van der Waals surface area (Å²) in [6.45, 7) is 8.55. The number of hydrogen-bond acceptors (Lipinski definition) is 6. The molecular weight excluding hydrogens is 258 g/mol. The lowest BCUT2D eigenvalue weighted by Gasteiger charge is -2.46. The van der Waals surface area contributed by atoms with E-state index in [4.69, 9.17) is 4.52 Å². The van der Waals surface area contributed by atoms with Gasteiger partial charge in [-0.25, -0.2) is 0 Å². The van der Waals surface area contributed by atoms with E-state index in [1.54, 1.807) is 13.0 Å². The van der Waals surface area contributed by atoms with Gasteiger partial charge in [0.15, 0.2) is 5.82 Å². The van der Waals surface area contributed by atoms with Crippen molar-refractivity contribution in [3.63, 3.8) is 0 Å². The fourth-order valence-corrected chi connectivity index (χ4v) is 2.76. The van der Waals surface area contributed by atoms with Gasteiger partial charge in [0.05, 0.1) is 6.54 Å². The number of nitrogens with zero attached hydrogens (tertiary/aromatic N) is 3. The fourth-order valence-electron chi connectivity index (χ4n) is 2.76. The number of aryl methyl sites for hydroxylation is 1. The van der Waals surface area contributed by atoms with Gasteiger partial charge < -0.3 is 15.2 Å². The maximum absolute atomic E-state index is 11.8. The molecule has 1 aromatic heterocycles. The van der Waals surface area contributed by atoms with Crippen molar-refractivity contribution in [1.29, 1.82) is 0 Å². The molecule has 2 fully saturated rings. The van der Waals surface area contributed by atoms with E-state index in [0.29, 0.717) is 24.2 Å². The molecule has 0 saturated carbocycles. The van der Waals surface area contributed by atoms with Crippen molar-refractivity contribution in [1.82, 2.24) is 20.3 Å². The molecule has 2 aliphatic rings. The van der Waals surface area contributed by atoms with Crippen LogP contribution in [0, 0.1) is 6.92 Å². The van der Waals surface area contributed by atoms with Crippen molar-refractivity contribution in [2.75, 3.05) is 51.1 Å². The Morgan fingerprint density at radius 1 is 1.50 bits per heavy atom. The highest BCUT2D eigenvalue weighted by atomic mass is 16.5. The van der Waals surface area contributed by atoms with Gasteiger partial charge in [-0.15, -0.1) is 0 Å². The quantitative estimate of drug-likeness (QED) is 0.775. The standard InChI is InChI=1S/C13H21N5O2/c1-10-6-12(16-20-10)15-13(19)9-17-7-11(8-17)18-4-2-14-3-5-18/h6,11,14H,2-5,7-9H2,1H3,(H,15,16,19). The Bertz CT molecular complexity index is 463. The van der Waals surface area contributed by atoms with Crippen LogP contribution >= 0.6 is 0 Å². The van der Waals surface area contributed by atoms with E-state index in [0.717, 1.165) is 39.3 Å². The summed E-state index contributed by atoms with van der Waals surface area (Å²) in [5.41, 5.74) is 0. The second-order valence-corrected chi connectivity index (χ2v) is 5.50. The summed E-state index contributed by atoms with van der Waals surface area (Å²) in [5.74, 6) is 1.16. The van der Waals surface area contributed by atoms with Crippen LogP contribution in [0.1, 0.15) is 5.76 Å². The predicted octanol–water partition coefficient (Wildman–Crippen LogP) is -0.489. The Hall–Kier alpha value is -1.44. The molecule has 0 radical (unpaired) electrons. The Kier molecular flexibility index (Phi) is 4.00. The summed E-state index contributed by atoms with van der Waals surface area (Å²) in [4.78, 5) is 16.5. The van der Waals surface area contributed by atoms with Gasteiger partial charge in [0.2, 0.25) is 5.91 Å². The molecule has 0 aromatic carbocycles. The van der Waals surface area contributed by atoms with E-state index in [-0.39, 0.29) is 5.91 Å². The molecule has 110 valence electrons. The second-order valence-electron chi connectivity index (χ2n) is 5.50. The topological polar surface area (TPSA) is 73.6 Å². The number of amides is 1. The van der Waals surface area contributed by atoms with Crippen LogP contribution in [0.5, 0.6) is 0 Å². The first-order chi connectivity index (χ1) is 9.70. The van der Waals surface area contributed by atoms with Crippen LogP contribution in [0.2, 0.25) is 0 Å². The van der Waals surface area contributed by atoms with Gasteiger partial charge in [-0.3, -0.25) is 14.6 Å². The molecule has 0 bridgehead atoms. The molecule has 7 heteroatoms. The smallest absolute Gasteiger partial charge is 0.239 e. The zero-order chi connectivity index (χ0) is 13.9. The lowest BCUT2D eigenvalue weighted by molar-refractivity contribution is -0.119. The maximum Gasteiger partial charge on any atom is 0.239 e. The monoisotopic (exact) mass is 279 g/mol. The largest absolute Gasteiger partial charge is 0.360 e.